The van der Waals surface area contributed by atoms with Crippen molar-refractivity contribution >= 4 is 52.3 Å². The first-order valence-corrected chi connectivity index (χ1v) is 11.0. The van der Waals surface area contributed by atoms with Gasteiger partial charge in [-0.2, -0.15) is 0 Å². The Labute approximate surface area is 175 Å². The Bertz CT molecular complexity index is 1060. The lowest BCUT2D eigenvalue weighted by atomic mass is 9.89. The Morgan fingerprint density at radius 1 is 1.18 bits per heavy atom. The zero-order valence-corrected chi connectivity index (χ0v) is 17.3. The lowest BCUT2D eigenvalue weighted by Gasteiger charge is -2.24. The minimum absolute atomic E-state index is 0.114. The molecule has 1 atom stereocenters. The van der Waals surface area contributed by atoms with E-state index in [2.05, 4.69) is 5.32 Å². The summed E-state index contributed by atoms with van der Waals surface area (Å²) in [6.45, 7) is 0. The van der Waals surface area contributed by atoms with Crippen LogP contribution in [0.2, 0.25) is 5.02 Å². The molecule has 0 unspecified atom stereocenters. The number of nitrogens with one attached hydrogen (secondary N) is 1. The van der Waals surface area contributed by atoms with Crippen LogP contribution >= 0.6 is 34.7 Å². The maximum absolute atomic E-state index is 12.5. The van der Waals surface area contributed by atoms with Crippen molar-refractivity contribution in [3.8, 4) is 11.1 Å². The summed E-state index contributed by atoms with van der Waals surface area (Å²) in [5, 5.41) is 13.3. The van der Waals surface area contributed by atoms with E-state index in [4.69, 9.17) is 11.6 Å². The molecule has 0 saturated carbocycles. The number of benzene rings is 2. The SMILES string of the molecule is CSc1ccc([C@@H]2CC(=O)Nc3c2sc(C(=O)O)c3-c2ccc(Cl)cc2)cc1. The highest BCUT2D eigenvalue weighted by atomic mass is 35.5. The second-order valence-electron chi connectivity index (χ2n) is 6.44. The van der Waals surface area contributed by atoms with Crippen LogP contribution in [-0.2, 0) is 4.79 Å². The number of carbonyl (C=O) groups excluding carboxylic acids is 1. The molecule has 0 aliphatic carbocycles. The van der Waals surface area contributed by atoms with E-state index in [1.165, 1.54) is 11.3 Å². The van der Waals surface area contributed by atoms with E-state index in [1.807, 2.05) is 30.5 Å². The van der Waals surface area contributed by atoms with Gasteiger partial charge in [0.25, 0.3) is 0 Å². The lowest BCUT2D eigenvalue weighted by Crippen LogP contribution is -2.22. The normalized spacial score (nSPS) is 15.8. The van der Waals surface area contributed by atoms with E-state index in [0.717, 1.165) is 20.9 Å². The average molecular weight is 430 g/mol. The molecule has 28 heavy (non-hydrogen) atoms. The molecule has 1 aromatic heterocycles. The van der Waals surface area contributed by atoms with Gasteiger partial charge < -0.3 is 10.4 Å². The number of thioether (sulfide) groups is 1. The third kappa shape index (κ3) is 3.43. The molecule has 0 bridgehead atoms. The number of hydrogen-bond donors (Lipinski definition) is 2. The number of anilines is 1. The summed E-state index contributed by atoms with van der Waals surface area (Å²) < 4.78 is 0. The smallest absolute Gasteiger partial charge is 0.346 e. The van der Waals surface area contributed by atoms with Crippen LogP contribution in [0.3, 0.4) is 0 Å². The van der Waals surface area contributed by atoms with Crippen LogP contribution in [0.1, 0.15) is 32.5 Å². The summed E-state index contributed by atoms with van der Waals surface area (Å²) in [5.41, 5.74) is 2.87. The molecule has 0 fully saturated rings. The molecule has 2 heterocycles. The first-order valence-electron chi connectivity index (χ1n) is 8.57. The standard InChI is InChI=1S/C21H16ClNO3S2/c1-27-14-8-4-11(5-9-14)15-10-16(24)23-18-17(12-2-6-13(22)7-3-12)20(21(25)26)28-19(15)18/h2-9,15H,10H2,1H3,(H,23,24)(H,25,26)/t15-/m0/s1. The highest BCUT2D eigenvalue weighted by Crippen LogP contribution is 2.49. The van der Waals surface area contributed by atoms with E-state index < -0.39 is 5.97 Å². The third-order valence-electron chi connectivity index (χ3n) is 4.75. The predicted octanol–water partition coefficient (Wildman–Crippen LogP) is 5.96. The molecule has 1 aliphatic rings. The van der Waals surface area contributed by atoms with Crippen molar-refractivity contribution in [1.82, 2.24) is 0 Å². The molecule has 1 aliphatic heterocycles. The van der Waals surface area contributed by atoms with Gasteiger partial charge in [0.05, 0.1) is 5.69 Å². The van der Waals surface area contributed by atoms with Crippen LogP contribution in [0.5, 0.6) is 0 Å². The van der Waals surface area contributed by atoms with E-state index in [1.54, 1.807) is 36.0 Å². The highest BCUT2D eigenvalue weighted by molar-refractivity contribution is 7.98. The van der Waals surface area contributed by atoms with Gasteiger partial charge in [0, 0.05) is 32.7 Å². The molecule has 2 N–H and O–H groups in total. The topological polar surface area (TPSA) is 66.4 Å². The van der Waals surface area contributed by atoms with Gasteiger partial charge in [-0.05, 0) is 41.6 Å². The summed E-state index contributed by atoms with van der Waals surface area (Å²) in [5.74, 6) is -1.28. The van der Waals surface area contributed by atoms with E-state index >= 15 is 0 Å². The van der Waals surface area contributed by atoms with E-state index in [-0.39, 0.29) is 16.7 Å². The number of carboxylic acids is 1. The zero-order chi connectivity index (χ0) is 19.8. The second kappa shape index (κ2) is 7.62. The molecule has 142 valence electrons. The number of halogens is 1. The molecule has 2 aromatic carbocycles. The quantitative estimate of drug-likeness (QED) is 0.502. The minimum Gasteiger partial charge on any atom is -0.477 e. The number of carboxylic acid groups (broad SMARTS) is 1. The first kappa shape index (κ1) is 19.1. The Morgan fingerprint density at radius 3 is 2.46 bits per heavy atom. The summed E-state index contributed by atoms with van der Waals surface area (Å²) in [7, 11) is 0. The number of aromatic carboxylic acids is 1. The lowest BCUT2D eigenvalue weighted by molar-refractivity contribution is -0.116. The Balaban J connectivity index is 1.89. The predicted molar refractivity (Wildman–Crippen MR) is 115 cm³/mol. The van der Waals surface area contributed by atoms with Gasteiger partial charge in [-0.3, -0.25) is 4.79 Å². The maximum atomic E-state index is 12.5. The Kier molecular flexibility index (Phi) is 5.19. The van der Waals surface area contributed by atoms with Crippen molar-refractivity contribution in [3.05, 3.63) is 68.9 Å². The minimum atomic E-state index is -1.00. The number of carbonyl (C=O) groups is 2. The van der Waals surface area contributed by atoms with Gasteiger partial charge >= 0.3 is 5.97 Å². The van der Waals surface area contributed by atoms with Crippen molar-refractivity contribution < 1.29 is 14.7 Å². The summed E-state index contributed by atoms with van der Waals surface area (Å²) in [6.07, 6.45) is 2.31. The highest BCUT2D eigenvalue weighted by Gasteiger charge is 2.34. The largest absolute Gasteiger partial charge is 0.477 e. The van der Waals surface area contributed by atoms with Crippen molar-refractivity contribution in [3.63, 3.8) is 0 Å². The summed E-state index contributed by atoms with van der Waals surface area (Å²) in [6, 6.07) is 15.1. The molecule has 3 aromatic rings. The molecule has 7 heteroatoms. The Hall–Kier alpha value is -2.28. The molecule has 4 nitrogen and oxygen atoms in total. The van der Waals surface area contributed by atoms with Crippen molar-refractivity contribution in [2.24, 2.45) is 0 Å². The van der Waals surface area contributed by atoms with Gasteiger partial charge in [0.1, 0.15) is 4.88 Å². The Morgan fingerprint density at radius 2 is 1.86 bits per heavy atom. The van der Waals surface area contributed by atoms with E-state index in [9.17, 15) is 14.7 Å². The van der Waals surface area contributed by atoms with Crippen LogP contribution in [0, 0.1) is 0 Å². The van der Waals surface area contributed by atoms with Crippen LogP contribution < -0.4 is 5.32 Å². The van der Waals surface area contributed by atoms with Gasteiger partial charge in [0.15, 0.2) is 0 Å². The fourth-order valence-electron chi connectivity index (χ4n) is 3.43. The fourth-order valence-corrected chi connectivity index (χ4v) is 5.22. The monoisotopic (exact) mass is 429 g/mol. The van der Waals surface area contributed by atoms with Gasteiger partial charge in [-0.1, -0.05) is 35.9 Å². The number of fused-ring (bicyclic) bond motifs is 1. The van der Waals surface area contributed by atoms with Crippen LogP contribution in [0.4, 0.5) is 5.69 Å². The van der Waals surface area contributed by atoms with E-state index in [0.29, 0.717) is 22.7 Å². The average Bonchev–Trinajstić information content (AvgIpc) is 3.07. The van der Waals surface area contributed by atoms with Crippen molar-refractivity contribution in [1.29, 1.82) is 0 Å². The first-order chi connectivity index (χ1) is 13.5. The summed E-state index contributed by atoms with van der Waals surface area (Å²) in [4.78, 5) is 26.7. The summed E-state index contributed by atoms with van der Waals surface area (Å²) >= 11 is 8.87. The number of thiophene rings is 1. The van der Waals surface area contributed by atoms with Crippen LogP contribution in [0.15, 0.2) is 53.4 Å². The molecule has 0 spiro atoms. The number of rotatable bonds is 4. The molecule has 4 rings (SSSR count). The second-order valence-corrected chi connectivity index (χ2v) is 8.80. The van der Waals surface area contributed by atoms with Crippen LogP contribution in [-0.4, -0.2) is 23.2 Å². The van der Waals surface area contributed by atoms with Gasteiger partial charge in [-0.15, -0.1) is 23.1 Å². The molecular weight excluding hydrogens is 414 g/mol. The number of amides is 1. The van der Waals surface area contributed by atoms with Gasteiger partial charge in [0.2, 0.25) is 5.91 Å². The zero-order valence-electron chi connectivity index (χ0n) is 14.9. The fraction of sp³-hybridized carbons (Fsp3) is 0.143. The molecule has 0 radical (unpaired) electrons. The maximum Gasteiger partial charge on any atom is 0.346 e. The molecule has 0 saturated heterocycles. The molecular formula is C21H16ClNO3S2. The van der Waals surface area contributed by atoms with Gasteiger partial charge in [-0.25, -0.2) is 4.79 Å². The third-order valence-corrected chi connectivity index (χ3v) is 7.04. The van der Waals surface area contributed by atoms with Crippen molar-refractivity contribution in [2.45, 2.75) is 17.2 Å². The van der Waals surface area contributed by atoms with Crippen LogP contribution in [0.25, 0.3) is 11.1 Å². The van der Waals surface area contributed by atoms with Crippen molar-refractivity contribution in [2.75, 3.05) is 11.6 Å². The number of hydrogen-bond acceptors (Lipinski definition) is 4. The molecule has 1 amide bonds.